The predicted molar refractivity (Wildman–Crippen MR) is 120 cm³/mol. The van der Waals surface area contributed by atoms with Crippen LogP contribution >= 0.6 is 0 Å². The van der Waals surface area contributed by atoms with Gasteiger partial charge < -0.3 is 25.8 Å². The first-order valence-corrected chi connectivity index (χ1v) is 10.8. The van der Waals surface area contributed by atoms with E-state index in [0.29, 0.717) is 23.6 Å². The van der Waals surface area contributed by atoms with Crippen molar-refractivity contribution in [2.75, 3.05) is 13.7 Å². The molecule has 1 aromatic rings. The summed E-state index contributed by atoms with van der Waals surface area (Å²) >= 11 is 0. The normalized spacial score (nSPS) is 28.4. The lowest BCUT2D eigenvalue weighted by Crippen LogP contribution is -2.37. The maximum Gasteiger partial charge on any atom is 0.230 e. The van der Waals surface area contributed by atoms with E-state index in [1.54, 1.807) is 13.0 Å². The Labute approximate surface area is 191 Å². The van der Waals surface area contributed by atoms with Gasteiger partial charge in [-0.05, 0) is 50.1 Å². The van der Waals surface area contributed by atoms with E-state index in [0.717, 1.165) is 11.5 Å². The number of benzene rings is 1. The maximum absolute atomic E-state index is 14.3. The highest BCUT2D eigenvalue weighted by molar-refractivity contribution is 5.90. The number of halogens is 2. The van der Waals surface area contributed by atoms with Crippen molar-refractivity contribution in [1.82, 2.24) is 10.6 Å². The largest absolute Gasteiger partial charge is 0.497 e. The van der Waals surface area contributed by atoms with Gasteiger partial charge in [-0.2, -0.15) is 0 Å². The molecule has 1 amide bonds. The van der Waals surface area contributed by atoms with Crippen LogP contribution in [0, 0.1) is 17.7 Å². The number of nitrogens with one attached hydrogen (secondary N) is 2. The molecule has 1 heterocycles. The highest BCUT2D eigenvalue weighted by atomic mass is 19.1. The van der Waals surface area contributed by atoms with E-state index in [9.17, 15) is 13.6 Å². The standard InChI is InChI=1S/C24H28F2N4O3/c1-5-15(25)6-7-19(27)30-23(31)21-20-22(33-18-11-28-13(3)29-12(18)2)24(20,21)14-8-16(26)10-17(9-14)32-4/h6-10,20-22H,5,11,27H2,1-4H3,(H,28,29)(H,30,31)/b15-6+,19-7+/t20?,21-,22?,24-/m0/s1. The highest BCUT2D eigenvalue weighted by Crippen LogP contribution is 2.81. The quantitative estimate of drug-likeness (QED) is 0.520. The molecular weight excluding hydrogens is 430 g/mol. The number of hydrogen-bond donors (Lipinski definition) is 3. The Hall–Kier alpha value is -3.36. The van der Waals surface area contributed by atoms with Gasteiger partial charge in [0.2, 0.25) is 5.91 Å². The number of fused-ring (bicyclic) bond motifs is 1. The van der Waals surface area contributed by atoms with Crippen LogP contribution in [0.5, 0.6) is 5.75 Å². The van der Waals surface area contributed by atoms with E-state index in [1.165, 1.54) is 31.4 Å². The van der Waals surface area contributed by atoms with E-state index in [-0.39, 0.29) is 36.0 Å². The summed E-state index contributed by atoms with van der Waals surface area (Å²) < 4.78 is 39.1. The number of nitrogens with two attached hydrogens (primary N) is 1. The summed E-state index contributed by atoms with van der Waals surface area (Å²) in [4.78, 5) is 17.3. The van der Waals surface area contributed by atoms with Gasteiger partial charge in [0.05, 0.1) is 35.8 Å². The van der Waals surface area contributed by atoms with Gasteiger partial charge in [0.25, 0.3) is 0 Å². The number of carbonyl (C=O) groups excluding carboxylic acids is 1. The van der Waals surface area contributed by atoms with E-state index >= 15 is 0 Å². The molecule has 1 aliphatic heterocycles. The zero-order valence-corrected chi connectivity index (χ0v) is 19.0. The number of ether oxygens (including phenoxy) is 2. The van der Waals surface area contributed by atoms with Crippen LogP contribution in [0.25, 0.3) is 0 Å². The van der Waals surface area contributed by atoms with E-state index in [2.05, 4.69) is 15.6 Å². The summed E-state index contributed by atoms with van der Waals surface area (Å²) in [5.41, 5.74) is 6.65. The van der Waals surface area contributed by atoms with Crippen LogP contribution in [-0.2, 0) is 14.9 Å². The van der Waals surface area contributed by atoms with Crippen LogP contribution in [-0.4, -0.2) is 31.5 Å². The molecule has 0 aromatic heterocycles. The number of nitrogens with zero attached hydrogens (tertiary/aromatic N) is 1. The van der Waals surface area contributed by atoms with Gasteiger partial charge >= 0.3 is 0 Å². The number of rotatable bonds is 8. The first kappa shape index (κ1) is 22.8. The third-order valence-corrected chi connectivity index (χ3v) is 6.46. The molecule has 3 aliphatic rings. The number of methoxy groups -OCH3 is 1. The minimum absolute atomic E-state index is 0.0409. The third-order valence-electron chi connectivity index (χ3n) is 6.46. The summed E-state index contributed by atoms with van der Waals surface area (Å²) in [5.74, 6) is 0.185. The number of hydrogen-bond acceptors (Lipinski definition) is 6. The lowest BCUT2D eigenvalue weighted by Gasteiger charge is -2.25. The molecule has 0 spiro atoms. The fourth-order valence-corrected chi connectivity index (χ4v) is 4.61. The second-order valence-electron chi connectivity index (χ2n) is 8.51. The van der Waals surface area contributed by atoms with Crippen LogP contribution in [0.2, 0.25) is 0 Å². The van der Waals surface area contributed by atoms with Crippen molar-refractivity contribution in [3.05, 3.63) is 64.8 Å². The lowest BCUT2D eigenvalue weighted by atomic mass is 9.94. The maximum atomic E-state index is 14.3. The number of amidine groups is 1. The summed E-state index contributed by atoms with van der Waals surface area (Å²) in [6.07, 6.45) is 2.47. The van der Waals surface area contributed by atoms with Crippen molar-refractivity contribution < 1.29 is 23.0 Å². The van der Waals surface area contributed by atoms with Gasteiger partial charge in [-0.25, -0.2) is 8.78 Å². The fourth-order valence-electron chi connectivity index (χ4n) is 4.61. The monoisotopic (exact) mass is 458 g/mol. The second kappa shape index (κ2) is 8.53. The predicted octanol–water partition coefficient (Wildman–Crippen LogP) is 3.15. The first-order valence-electron chi connectivity index (χ1n) is 10.8. The first-order chi connectivity index (χ1) is 15.7. The molecule has 4 atom stereocenters. The Morgan fingerprint density at radius 3 is 2.79 bits per heavy atom. The van der Waals surface area contributed by atoms with Crippen molar-refractivity contribution in [3.8, 4) is 5.75 Å². The van der Waals surface area contributed by atoms with Crippen molar-refractivity contribution in [1.29, 1.82) is 0 Å². The molecule has 0 radical (unpaired) electrons. The van der Waals surface area contributed by atoms with Crippen molar-refractivity contribution in [2.24, 2.45) is 22.6 Å². The van der Waals surface area contributed by atoms with Crippen molar-refractivity contribution in [3.63, 3.8) is 0 Å². The molecule has 33 heavy (non-hydrogen) atoms. The molecule has 176 valence electrons. The smallest absolute Gasteiger partial charge is 0.230 e. The minimum Gasteiger partial charge on any atom is -0.497 e. The Morgan fingerprint density at radius 2 is 2.12 bits per heavy atom. The molecule has 4 N–H and O–H groups in total. The van der Waals surface area contributed by atoms with Crippen LogP contribution in [0.3, 0.4) is 0 Å². The average Bonchev–Trinajstić information content (AvgIpc) is 3.65. The number of aliphatic imine (C=N–C) groups is 1. The number of amides is 1. The molecule has 0 saturated heterocycles. The van der Waals surface area contributed by atoms with Gasteiger partial charge in [0, 0.05) is 12.0 Å². The van der Waals surface area contributed by atoms with Gasteiger partial charge in [-0.15, -0.1) is 0 Å². The van der Waals surface area contributed by atoms with Crippen molar-refractivity contribution >= 4 is 11.7 Å². The Bertz CT molecular complexity index is 1110. The fraction of sp³-hybridized carbons (Fsp3) is 0.417. The zero-order chi connectivity index (χ0) is 23.9. The second-order valence-corrected chi connectivity index (χ2v) is 8.51. The number of allylic oxidation sites excluding steroid dienone is 4. The summed E-state index contributed by atoms with van der Waals surface area (Å²) in [6, 6.07) is 4.43. The molecule has 0 bridgehead atoms. The van der Waals surface area contributed by atoms with Gasteiger partial charge in [-0.3, -0.25) is 9.79 Å². The molecule has 2 aliphatic carbocycles. The Morgan fingerprint density at radius 1 is 1.36 bits per heavy atom. The average molecular weight is 459 g/mol. The molecule has 2 fully saturated rings. The molecule has 2 unspecified atom stereocenters. The molecule has 1 aromatic carbocycles. The van der Waals surface area contributed by atoms with Crippen LogP contribution < -0.4 is 21.1 Å². The lowest BCUT2D eigenvalue weighted by molar-refractivity contribution is -0.124. The SMILES string of the molecule is CC/C(F)=C\C=C(/N)NC(=O)[C@@H]1C2C(OC3=C(C)NC(C)=NC3)[C@@]21c1cc(F)cc(OC)c1. The summed E-state index contributed by atoms with van der Waals surface area (Å²) in [5, 5.41) is 5.77. The van der Waals surface area contributed by atoms with Gasteiger partial charge in [-0.1, -0.05) is 6.92 Å². The van der Waals surface area contributed by atoms with E-state index < -0.39 is 17.2 Å². The van der Waals surface area contributed by atoms with Gasteiger partial charge in [0.1, 0.15) is 35.8 Å². The molecule has 2 saturated carbocycles. The van der Waals surface area contributed by atoms with E-state index in [4.69, 9.17) is 15.2 Å². The zero-order valence-electron chi connectivity index (χ0n) is 19.0. The molecule has 7 nitrogen and oxygen atoms in total. The van der Waals surface area contributed by atoms with Gasteiger partial charge in [0.15, 0.2) is 0 Å². The van der Waals surface area contributed by atoms with Crippen molar-refractivity contribution in [2.45, 2.75) is 38.7 Å². The van der Waals surface area contributed by atoms with E-state index in [1.807, 2.05) is 13.8 Å². The van der Waals surface area contributed by atoms with Crippen LogP contribution in [0.1, 0.15) is 32.8 Å². The highest BCUT2D eigenvalue weighted by Gasteiger charge is 2.91. The van der Waals surface area contributed by atoms with Crippen LogP contribution in [0.15, 0.2) is 58.4 Å². The summed E-state index contributed by atoms with van der Waals surface area (Å²) in [6.45, 7) is 5.85. The molecular formula is C24H28F2N4O3. The molecule has 9 heteroatoms. The summed E-state index contributed by atoms with van der Waals surface area (Å²) in [7, 11) is 1.46. The Balaban J connectivity index is 1.57. The Kier molecular flexibility index (Phi) is 5.90. The number of carbonyl (C=O) groups is 1. The topological polar surface area (TPSA) is 98.0 Å². The molecule has 4 rings (SSSR count). The minimum atomic E-state index is -0.687. The van der Waals surface area contributed by atoms with Crippen LogP contribution in [0.4, 0.5) is 8.78 Å². The third kappa shape index (κ3) is 4.07.